The van der Waals surface area contributed by atoms with Crippen LogP contribution in [0.2, 0.25) is 0 Å². The highest BCUT2D eigenvalue weighted by atomic mass is 16.5. The van der Waals surface area contributed by atoms with Crippen LogP contribution >= 0.6 is 0 Å². The maximum Gasteiger partial charge on any atom is 0.122 e. The average Bonchev–Trinajstić information content (AvgIpc) is 2.54. The van der Waals surface area contributed by atoms with E-state index in [4.69, 9.17) is 4.74 Å². The van der Waals surface area contributed by atoms with E-state index in [2.05, 4.69) is 52.0 Å². The summed E-state index contributed by atoms with van der Waals surface area (Å²) >= 11 is 0. The van der Waals surface area contributed by atoms with Crippen LogP contribution in [0.15, 0.2) is 24.3 Å². The first-order chi connectivity index (χ1) is 8.07. The molecule has 0 heterocycles. The Morgan fingerprint density at radius 2 is 1.35 bits per heavy atom. The molecule has 0 amide bonds. The van der Waals surface area contributed by atoms with E-state index in [9.17, 15) is 0 Å². The Labute approximate surface area is 105 Å². The van der Waals surface area contributed by atoms with Gasteiger partial charge in [0.05, 0.1) is 7.11 Å². The molecule has 0 N–H and O–H groups in total. The molecule has 1 saturated carbocycles. The van der Waals surface area contributed by atoms with Crippen molar-refractivity contribution in [3.05, 3.63) is 29.8 Å². The van der Waals surface area contributed by atoms with E-state index in [1.807, 2.05) is 0 Å². The SMILES string of the molecule is COc1ccccc1C1C(C)C(C)C(C)C1C. The van der Waals surface area contributed by atoms with E-state index in [1.165, 1.54) is 5.56 Å². The van der Waals surface area contributed by atoms with Gasteiger partial charge in [-0.1, -0.05) is 45.9 Å². The van der Waals surface area contributed by atoms with E-state index >= 15 is 0 Å². The van der Waals surface area contributed by atoms with Gasteiger partial charge in [-0.15, -0.1) is 0 Å². The van der Waals surface area contributed by atoms with Crippen LogP contribution in [0, 0.1) is 23.7 Å². The second-order valence-electron chi connectivity index (χ2n) is 5.70. The molecule has 4 unspecified atom stereocenters. The zero-order valence-electron chi connectivity index (χ0n) is 11.6. The molecule has 0 radical (unpaired) electrons. The van der Waals surface area contributed by atoms with Gasteiger partial charge in [-0.2, -0.15) is 0 Å². The van der Waals surface area contributed by atoms with Crippen LogP contribution in [0.1, 0.15) is 39.2 Å². The smallest absolute Gasteiger partial charge is 0.122 e. The van der Waals surface area contributed by atoms with Gasteiger partial charge in [-0.25, -0.2) is 0 Å². The topological polar surface area (TPSA) is 9.23 Å². The molecule has 1 aliphatic rings. The number of methoxy groups -OCH3 is 1. The summed E-state index contributed by atoms with van der Waals surface area (Å²) < 4.78 is 5.52. The third-order valence-corrected chi connectivity index (χ3v) is 5.12. The van der Waals surface area contributed by atoms with Crippen molar-refractivity contribution in [1.82, 2.24) is 0 Å². The van der Waals surface area contributed by atoms with Crippen molar-refractivity contribution in [2.45, 2.75) is 33.6 Å². The Morgan fingerprint density at radius 3 is 1.88 bits per heavy atom. The minimum Gasteiger partial charge on any atom is -0.496 e. The molecular weight excluding hydrogens is 208 g/mol. The van der Waals surface area contributed by atoms with E-state index in [1.54, 1.807) is 7.11 Å². The quantitative estimate of drug-likeness (QED) is 0.737. The van der Waals surface area contributed by atoms with Crippen molar-refractivity contribution in [2.24, 2.45) is 23.7 Å². The van der Waals surface area contributed by atoms with Gasteiger partial charge >= 0.3 is 0 Å². The summed E-state index contributed by atoms with van der Waals surface area (Å²) in [6, 6.07) is 8.51. The number of hydrogen-bond acceptors (Lipinski definition) is 1. The molecule has 17 heavy (non-hydrogen) atoms. The minimum absolute atomic E-state index is 0.635. The van der Waals surface area contributed by atoms with Crippen molar-refractivity contribution in [3.8, 4) is 5.75 Å². The number of rotatable bonds is 2. The molecule has 1 fully saturated rings. The van der Waals surface area contributed by atoms with Crippen LogP contribution in [-0.4, -0.2) is 7.11 Å². The third-order valence-electron chi connectivity index (χ3n) is 5.12. The molecule has 94 valence electrons. The molecular formula is C16H24O. The van der Waals surface area contributed by atoms with E-state index in [-0.39, 0.29) is 0 Å². The fraction of sp³-hybridized carbons (Fsp3) is 0.625. The second-order valence-corrected chi connectivity index (χ2v) is 5.70. The summed E-state index contributed by atoms with van der Waals surface area (Å²) in [6.07, 6.45) is 0. The van der Waals surface area contributed by atoms with Crippen molar-refractivity contribution in [1.29, 1.82) is 0 Å². The molecule has 0 saturated heterocycles. The van der Waals surface area contributed by atoms with Crippen LogP contribution < -0.4 is 4.74 Å². The minimum atomic E-state index is 0.635. The fourth-order valence-corrected chi connectivity index (χ4v) is 3.60. The highest BCUT2D eigenvalue weighted by Gasteiger charge is 2.42. The second kappa shape index (κ2) is 4.72. The van der Waals surface area contributed by atoms with Crippen molar-refractivity contribution >= 4 is 0 Å². The molecule has 1 nitrogen and oxygen atoms in total. The van der Waals surface area contributed by atoms with Crippen molar-refractivity contribution in [2.75, 3.05) is 7.11 Å². The van der Waals surface area contributed by atoms with Crippen molar-refractivity contribution < 1.29 is 4.74 Å². The fourth-order valence-electron chi connectivity index (χ4n) is 3.60. The van der Waals surface area contributed by atoms with Gasteiger partial charge in [0.2, 0.25) is 0 Å². The third kappa shape index (κ3) is 1.96. The molecule has 1 aromatic rings. The molecule has 0 aliphatic heterocycles. The van der Waals surface area contributed by atoms with E-state index in [0.717, 1.165) is 29.4 Å². The van der Waals surface area contributed by atoms with Crippen LogP contribution in [0.25, 0.3) is 0 Å². The summed E-state index contributed by atoms with van der Waals surface area (Å²) in [5.74, 6) is 4.74. The van der Waals surface area contributed by atoms with Gasteiger partial charge in [-0.05, 0) is 41.2 Å². The summed E-state index contributed by atoms with van der Waals surface area (Å²) in [7, 11) is 1.77. The molecule has 4 atom stereocenters. The summed E-state index contributed by atoms with van der Waals surface area (Å²) in [5.41, 5.74) is 1.39. The van der Waals surface area contributed by atoms with E-state index in [0.29, 0.717) is 5.92 Å². The zero-order chi connectivity index (χ0) is 12.6. The number of para-hydroxylation sites is 1. The van der Waals surface area contributed by atoms with E-state index < -0.39 is 0 Å². The molecule has 1 aliphatic carbocycles. The van der Waals surface area contributed by atoms with Crippen LogP contribution in [-0.2, 0) is 0 Å². The van der Waals surface area contributed by atoms with Crippen LogP contribution in [0.3, 0.4) is 0 Å². The molecule has 0 aromatic heterocycles. The summed E-state index contributed by atoms with van der Waals surface area (Å²) in [5, 5.41) is 0. The standard InChI is InChI=1S/C16H24O/c1-10-11(2)13(4)16(12(10)3)14-8-6-7-9-15(14)17-5/h6-13,16H,1-5H3. The molecule has 1 aromatic carbocycles. The lowest BCUT2D eigenvalue weighted by atomic mass is 9.83. The van der Waals surface area contributed by atoms with Gasteiger partial charge < -0.3 is 4.74 Å². The molecule has 2 rings (SSSR count). The Bertz CT molecular complexity index is 371. The van der Waals surface area contributed by atoms with Crippen molar-refractivity contribution in [3.63, 3.8) is 0 Å². The van der Waals surface area contributed by atoms with Crippen LogP contribution in [0.4, 0.5) is 0 Å². The maximum absolute atomic E-state index is 5.52. The van der Waals surface area contributed by atoms with Gasteiger partial charge in [0.15, 0.2) is 0 Å². The number of hydrogen-bond donors (Lipinski definition) is 0. The Morgan fingerprint density at radius 1 is 0.824 bits per heavy atom. The van der Waals surface area contributed by atoms with Gasteiger partial charge in [0.25, 0.3) is 0 Å². The first kappa shape index (κ1) is 12.5. The zero-order valence-corrected chi connectivity index (χ0v) is 11.6. The predicted molar refractivity (Wildman–Crippen MR) is 72.4 cm³/mol. The van der Waals surface area contributed by atoms with Gasteiger partial charge in [-0.3, -0.25) is 0 Å². The Balaban J connectivity index is 2.39. The summed E-state index contributed by atoms with van der Waals surface area (Å²) in [4.78, 5) is 0. The predicted octanol–water partition coefficient (Wildman–Crippen LogP) is 4.34. The Kier molecular flexibility index (Phi) is 3.46. The average molecular weight is 232 g/mol. The number of ether oxygens (including phenoxy) is 1. The first-order valence-corrected chi connectivity index (χ1v) is 6.70. The summed E-state index contributed by atoms with van der Waals surface area (Å²) in [6.45, 7) is 9.56. The monoisotopic (exact) mass is 232 g/mol. The molecule has 1 heteroatoms. The highest BCUT2D eigenvalue weighted by molar-refractivity contribution is 5.38. The normalized spacial score (nSPS) is 37.1. The van der Waals surface area contributed by atoms with Gasteiger partial charge in [0.1, 0.15) is 5.75 Å². The largest absolute Gasteiger partial charge is 0.496 e. The lowest BCUT2D eigenvalue weighted by Gasteiger charge is -2.23. The lowest BCUT2D eigenvalue weighted by molar-refractivity contribution is 0.352. The molecule has 0 bridgehead atoms. The maximum atomic E-state index is 5.52. The van der Waals surface area contributed by atoms with Crippen LogP contribution in [0.5, 0.6) is 5.75 Å². The Hall–Kier alpha value is -0.980. The first-order valence-electron chi connectivity index (χ1n) is 6.70. The molecule has 0 spiro atoms. The lowest BCUT2D eigenvalue weighted by Crippen LogP contribution is -2.12. The van der Waals surface area contributed by atoms with Gasteiger partial charge in [0, 0.05) is 0 Å². The highest BCUT2D eigenvalue weighted by Crippen LogP contribution is 2.52. The number of benzene rings is 1.